The van der Waals surface area contributed by atoms with E-state index in [1.165, 1.54) is 24.3 Å². The number of Topliss-reactive ketones (excluding diaryl/α,β-unsaturated/α-hetero) is 1. The molecule has 0 saturated carbocycles. The van der Waals surface area contributed by atoms with Crippen molar-refractivity contribution in [3.05, 3.63) is 59.4 Å². The van der Waals surface area contributed by atoms with Gasteiger partial charge in [0.2, 0.25) is 5.91 Å². The Morgan fingerprint density at radius 3 is 2.70 bits per heavy atom. The molecule has 1 amide bonds. The zero-order valence-corrected chi connectivity index (χ0v) is 13.4. The van der Waals surface area contributed by atoms with Gasteiger partial charge < -0.3 is 4.90 Å². The number of carbonyl (C=O) groups is 2. The molecule has 1 aromatic carbocycles. The van der Waals surface area contributed by atoms with Crippen LogP contribution in [0.2, 0.25) is 0 Å². The summed E-state index contributed by atoms with van der Waals surface area (Å²) in [6.07, 6.45) is 7.17. The molecular formula is C19H20FNO2. The standard InChI is InChI=1S/C19H20FNO2/c1-3-12-21-16(17(22)13-7-9-14(20)10-8-13)15-6-4-5-11-19(15,2)18(21)23/h4-10,16H,3,11-12H2,1-2H3. The Morgan fingerprint density at radius 2 is 2.04 bits per heavy atom. The molecule has 1 saturated heterocycles. The van der Waals surface area contributed by atoms with Crippen molar-refractivity contribution in [3.8, 4) is 0 Å². The molecule has 0 aromatic heterocycles. The van der Waals surface area contributed by atoms with E-state index in [9.17, 15) is 14.0 Å². The van der Waals surface area contributed by atoms with Crippen molar-refractivity contribution >= 4 is 11.7 Å². The van der Waals surface area contributed by atoms with Gasteiger partial charge in [0.15, 0.2) is 5.78 Å². The summed E-state index contributed by atoms with van der Waals surface area (Å²) < 4.78 is 13.1. The molecule has 0 radical (unpaired) electrons. The van der Waals surface area contributed by atoms with Crippen LogP contribution in [0.5, 0.6) is 0 Å². The molecule has 1 heterocycles. The first-order valence-electron chi connectivity index (χ1n) is 7.97. The number of nitrogens with zero attached hydrogens (tertiary/aromatic N) is 1. The predicted octanol–water partition coefficient (Wildman–Crippen LogP) is 3.52. The Labute approximate surface area is 135 Å². The van der Waals surface area contributed by atoms with E-state index in [-0.39, 0.29) is 17.5 Å². The van der Waals surface area contributed by atoms with Gasteiger partial charge >= 0.3 is 0 Å². The highest BCUT2D eigenvalue weighted by Crippen LogP contribution is 2.46. The molecule has 0 bridgehead atoms. The molecule has 120 valence electrons. The minimum absolute atomic E-state index is 0.00964. The minimum Gasteiger partial charge on any atom is -0.328 e. The third-order valence-electron chi connectivity index (χ3n) is 4.76. The number of carbonyl (C=O) groups excluding carboxylic acids is 2. The second-order valence-electron chi connectivity index (χ2n) is 6.36. The smallest absolute Gasteiger partial charge is 0.233 e. The van der Waals surface area contributed by atoms with Crippen LogP contribution in [0, 0.1) is 11.2 Å². The Balaban J connectivity index is 2.04. The van der Waals surface area contributed by atoms with Gasteiger partial charge in [-0.25, -0.2) is 4.39 Å². The largest absolute Gasteiger partial charge is 0.328 e. The minimum atomic E-state index is -0.635. The molecule has 3 rings (SSSR count). The van der Waals surface area contributed by atoms with Crippen LogP contribution >= 0.6 is 0 Å². The van der Waals surface area contributed by atoms with Crippen molar-refractivity contribution in [1.29, 1.82) is 0 Å². The highest BCUT2D eigenvalue weighted by Gasteiger charge is 2.54. The Bertz CT molecular complexity index is 705. The molecule has 1 aliphatic heterocycles. The average Bonchev–Trinajstić information content (AvgIpc) is 2.77. The lowest BCUT2D eigenvalue weighted by molar-refractivity contribution is -0.135. The first-order chi connectivity index (χ1) is 11.0. The van der Waals surface area contributed by atoms with Crippen LogP contribution in [-0.2, 0) is 4.79 Å². The van der Waals surface area contributed by atoms with Gasteiger partial charge in [0.25, 0.3) is 0 Å². The van der Waals surface area contributed by atoms with E-state index in [1.807, 2.05) is 32.1 Å². The monoisotopic (exact) mass is 313 g/mol. The van der Waals surface area contributed by atoms with Crippen LogP contribution in [-0.4, -0.2) is 29.2 Å². The number of hydrogen-bond donors (Lipinski definition) is 0. The molecule has 0 spiro atoms. The van der Waals surface area contributed by atoms with Crippen molar-refractivity contribution in [1.82, 2.24) is 4.90 Å². The predicted molar refractivity (Wildman–Crippen MR) is 86.5 cm³/mol. The summed E-state index contributed by atoms with van der Waals surface area (Å²) >= 11 is 0. The van der Waals surface area contributed by atoms with Crippen LogP contribution in [0.1, 0.15) is 37.0 Å². The van der Waals surface area contributed by atoms with Crippen LogP contribution in [0.15, 0.2) is 48.1 Å². The Morgan fingerprint density at radius 1 is 1.35 bits per heavy atom. The molecule has 1 aliphatic carbocycles. The fraction of sp³-hybridized carbons (Fsp3) is 0.368. The molecular weight excluding hydrogens is 293 g/mol. The van der Waals surface area contributed by atoms with E-state index < -0.39 is 11.5 Å². The molecule has 3 nitrogen and oxygen atoms in total. The van der Waals surface area contributed by atoms with E-state index in [0.29, 0.717) is 18.5 Å². The summed E-state index contributed by atoms with van der Waals surface area (Å²) in [4.78, 5) is 27.6. The Kier molecular flexibility index (Phi) is 3.92. The van der Waals surface area contributed by atoms with Gasteiger partial charge in [-0.05, 0) is 49.6 Å². The number of rotatable bonds is 4. The third kappa shape index (κ3) is 2.42. The maximum atomic E-state index is 13.1. The van der Waals surface area contributed by atoms with E-state index in [1.54, 1.807) is 4.90 Å². The maximum absolute atomic E-state index is 13.1. The zero-order valence-electron chi connectivity index (χ0n) is 13.4. The molecule has 2 aliphatic rings. The van der Waals surface area contributed by atoms with Gasteiger partial charge in [-0.2, -0.15) is 0 Å². The van der Waals surface area contributed by atoms with E-state index in [4.69, 9.17) is 0 Å². The third-order valence-corrected chi connectivity index (χ3v) is 4.76. The second-order valence-corrected chi connectivity index (χ2v) is 6.36. The van der Waals surface area contributed by atoms with Crippen molar-refractivity contribution in [2.45, 2.75) is 32.7 Å². The number of ketones is 1. The first-order valence-corrected chi connectivity index (χ1v) is 7.97. The van der Waals surface area contributed by atoms with Gasteiger partial charge in [-0.1, -0.05) is 25.2 Å². The lowest BCUT2D eigenvalue weighted by Crippen LogP contribution is -2.40. The van der Waals surface area contributed by atoms with Gasteiger partial charge in [0, 0.05) is 12.1 Å². The fourth-order valence-electron chi connectivity index (χ4n) is 3.51. The number of hydrogen-bond acceptors (Lipinski definition) is 2. The normalized spacial score (nSPS) is 26.2. The summed E-state index contributed by atoms with van der Waals surface area (Å²) in [5, 5.41) is 0. The maximum Gasteiger partial charge on any atom is 0.233 e. The number of halogens is 1. The van der Waals surface area contributed by atoms with Gasteiger partial charge in [0.1, 0.15) is 11.9 Å². The first kappa shape index (κ1) is 15.7. The second kappa shape index (κ2) is 5.76. The molecule has 2 atom stereocenters. The summed E-state index contributed by atoms with van der Waals surface area (Å²) in [6, 6.07) is 4.95. The summed E-state index contributed by atoms with van der Waals surface area (Å²) in [5.41, 5.74) is 0.655. The van der Waals surface area contributed by atoms with Crippen molar-refractivity contribution < 1.29 is 14.0 Å². The number of fused-ring (bicyclic) bond motifs is 1. The zero-order chi connectivity index (χ0) is 16.6. The molecule has 4 heteroatoms. The lowest BCUT2D eigenvalue weighted by atomic mass is 9.75. The Hall–Kier alpha value is -2.23. The fourth-order valence-corrected chi connectivity index (χ4v) is 3.51. The molecule has 1 fully saturated rings. The quantitative estimate of drug-likeness (QED) is 0.798. The summed E-state index contributed by atoms with van der Waals surface area (Å²) in [5.74, 6) is -0.508. The summed E-state index contributed by atoms with van der Waals surface area (Å²) in [6.45, 7) is 4.44. The van der Waals surface area contributed by atoms with Crippen LogP contribution in [0.3, 0.4) is 0 Å². The van der Waals surface area contributed by atoms with Crippen LogP contribution in [0.4, 0.5) is 4.39 Å². The van der Waals surface area contributed by atoms with Gasteiger partial charge in [-0.3, -0.25) is 9.59 Å². The SMILES string of the molecule is CCCN1C(=O)C2(C)CC=CC=C2C1C(=O)c1ccc(F)cc1. The van der Waals surface area contributed by atoms with E-state index in [2.05, 4.69) is 0 Å². The highest BCUT2D eigenvalue weighted by molar-refractivity contribution is 6.08. The van der Waals surface area contributed by atoms with Crippen molar-refractivity contribution in [2.24, 2.45) is 5.41 Å². The van der Waals surface area contributed by atoms with E-state index >= 15 is 0 Å². The lowest BCUT2D eigenvalue weighted by Gasteiger charge is -2.24. The number of likely N-dealkylation sites (tertiary alicyclic amines) is 1. The molecule has 2 unspecified atom stereocenters. The topological polar surface area (TPSA) is 37.4 Å². The number of benzene rings is 1. The van der Waals surface area contributed by atoms with Crippen LogP contribution in [0.25, 0.3) is 0 Å². The molecule has 23 heavy (non-hydrogen) atoms. The number of amides is 1. The van der Waals surface area contributed by atoms with E-state index in [0.717, 1.165) is 12.0 Å². The molecule has 1 aromatic rings. The average molecular weight is 313 g/mol. The molecule has 0 N–H and O–H groups in total. The van der Waals surface area contributed by atoms with Crippen molar-refractivity contribution in [2.75, 3.05) is 6.54 Å². The van der Waals surface area contributed by atoms with Crippen LogP contribution < -0.4 is 0 Å². The van der Waals surface area contributed by atoms with Gasteiger partial charge in [0.05, 0.1) is 5.41 Å². The van der Waals surface area contributed by atoms with Gasteiger partial charge in [-0.15, -0.1) is 0 Å². The summed E-state index contributed by atoms with van der Waals surface area (Å²) in [7, 11) is 0. The van der Waals surface area contributed by atoms with Crippen molar-refractivity contribution in [3.63, 3.8) is 0 Å². The highest BCUT2D eigenvalue weighted by atomic mass is 19.1. The number of allylic oxidation sites excluding steroid dienone is 3.